The summed E-state index contributed by atoms with van der Waals surface area (Å²) in [7, 11) is -3.25. The van der Waals surface area contributed by atoms with Gasteiger partial charge in [-0.1, -0.05) is 0 Å². The minimum absolute atomic E-state index is 0.0542. The van der Waals surface area contributed by atoms with Crippen LogP contribution in [0.2, 0.25) is 0 Å². The molecule has 1 saturated heterocycles. The molecule has 1 aromatic heterocycles. The van der Waals surface area contributed by atoms with Crippen molar-refractivity contribution in [2.75, 3.05) is 12.8 Å². The first kappa shape index (κ1) is 16.7. The van der Waals surface area contributed by atoms with Gasteiger partial charge in [-0.2, -0.15) is 5.10 Å². The summed E-state index contributed by atoms with van der Waals surface area (Å²) in [4.78, 5) is 14.9. The van der Waals surface area contributed by atoms with Crippen molar-refractivity contribution in [3.05, 3.63) is 47.8 Å². The number of aromatic nitrogens is 2. The number of nitrogens with zero attached hydrogens (tertiary/aromatic N) is 3. The Morgan fingerprint density at radius 3 is 2.58 bits per heavy atom. The van der Waals surface area contributed by atoms with E-state index in [9.17, 15) is 13.2 Å². The molecule has 24 heavy (non-hydrogen) atoms. The molecule has 0 N–H and O–H groups in total. The fourth-order valence-electron chi connectivity index (χ4n) is 3.09. The lowest BCUT2D eigenvalue weighted by Gasteiger charge is -2.25. The second kappa shape index (κ2) is 6.39. The van der Waals surface area contributed by atoms with E-state index >= 15 is 0 Å². The summed E-state index contributed by atoms with van der Waals surface area (Å²) in [5.74, 6) is -0.0542. The van der Waals surface area contributed by atoms with Crippen LogP contribution in [0.3, 0.4) is 0 Å². The molecular formula is C17H21N3O3S. The Hall–Kier alpha value is -2.15. The number of hydrogen-bond acceptors (Lipinski definition) is 4. The molecule has 0 saturated carbocycles. The molecule has 3 rings (SSSR count). The van der Waals surface area contributed by atoms with E-state index in [1.165, 1.54) is 12.1 Å². The summed E-state index contributed by atoms with van der Waals surface area (Å²) < 4.78 is 24.9. The average Bonchev–Trinajstić information content (AvgIpc) is 3.15. The Kier molecular flexibility index (Phi) is 4.45. The van der Waals surface area contributed by atoms with Crippen LogP contribution in [0.4, 0.5) is 0 Å². The van der Waals surface area contributed by atoms with E-state index in [-0.39, 0.29) is 16.8 Å². The maximum Gasteiger partial charge on any atom is 0.254 e. The molecule has 1 amide bonds. The number of aryl methyl sites for hydroxylation is 1. The van der Waals surface area contributed by atoms with Crippen molar-refractivity contribution in [1.82, 2.24) is 14.7 Å². The second-order valence-corrected chi connectivity index (χ2v) is 8.35. The molecule has 1 aliphatic heterocycles. The molecule has 0 bridgehead atoms. The van der Waals surface area contributed by atoms with Gasteiger partial charge in [-0.15, -0.1) is 0 Å². The van der Waals surface area contributed by atoms with Gasteiger partial charge in [0.2, 0.25) is 0 Å². The van der Waals surface area contributed by atoms with Crippen LogP contribution >= 0.6 is 0 Å². The maximum atomic E-state index is 12.8. The van der Waals surface area contributed by atoms with Crippen LogP contribution in [0, 0.1) is 6.92 Å². The summed E-state index contributed by atoms with van der Waals surface area (Å²) in [6, 6.07) is 6.28. The van der Waals surface area contributed by atoms with E-state index < -0.39 is 9.84 Å². The smallest absolute Gasteiger partial charge is 0.254 e. The highest BCUT2D eigenvalue weighted by Crippen LogP contribution is 2.22. The van der Waals surface area contributed by atoms with Crippen molar-refractivity contribution in [3.8, 4) is 0 Å². The first-order valence-electron chi connectivity index (χ1n) is 7.95. The molecule has 1 atom stereocenters. The summed E-state index contributed by atoms with van der Waals surface area (Å²) in [5, 5.41) is 4.30. The number of carbonyl (C=O) groups is 1. The average molecular weight is 347 g/mol. The lowest BCUT2D eigenvalue weighted by atomic mass is 10.1. The van der Waals surface area contributed by atoms with E-state index in [1.54, 1.807) is 12.1 Å². The molecule has 1 aliphatic rings. The predicted molar refractivity (Wildman–Crippen MR) is 90.6 cm³/mol. The fourth-order valence-corrected chi connectivity index (χ4v) is 3.72. The minimum Gasteiger partial charge on any atom is -0.334 e. The fraction of sp³-hybridized carbons (Fsp3) is 0.412. The number of sulfone groups is 1. The van der Waals surface area contributed by atoms with Crippen LogP contribution in [-0.4, -0.2) is 47.8 Å². The zero-order valence-corrected chi connectivity index (χ0v) is 14.7. The van der Waals surface area contributed by atoms with Crippen molar-refractivity contribution in [2.45, 2.75) is 37.2 Å². The van der Waals surface area contributed by atoms with Crippen molar-refractivity contribution >= 4 is 15.7 Å². The van der Waals surface area contributed by atoms with Gasteiger partial charge < -0.3 is 4.90 Å². The monoisotopic (exact) mass is 347 g/mol. The molecule has 1 fully saturated rings. The Labute approximate surface area is 142 Å². The molecule has 0 spiro atoms. The SMILES string of the molecule is Cc1cnn(CC2CCCN2C(=O)c2ccc(S(C)(=O)=O)cc2)c1. The van der Waals surface area contributed by atoms with E-state index in [4.69, 9.17) is 0 Å². The molecule has 128 valence electrons. The Morgan fingerprint density at radius 1 is 1.29 bits per heavy atom. The molecule has 6 nitrogen and oxygen atoms in total. The van der Waals surface area contributed by atoms with Gasteiger partial charge in [-0.25, -0.2) is 8.42 Å². The standard InChI is InChI=1S/C17H21N3O3S/c1-13-10-18-19(11-13)12-15-4-3-9-20(15)17(21)14-5-7-16(8-6-14)24(2,22)23/h5-8,10-11,15H,3-4,9,12H2,1-2H3. The highest BCUT2D eigenvalue weighted by molar-refractivity contribution is 7.90. The van der Waals surface area contributed by atoms with Crippen molar-refractivity contribution < 1.29 is 13.2 Å². The van der Waals surface area contributed by atoms with Gasteiger partial charge in [-0.05, 0) is 49.6 Å². The Balaban J connectivity index is 1.75. The number of benzene rings is 1. The van der Waals surface area contributed by atoms with Crippen LogP contribution in [0.1, 0.15) is 28.8 Å². The van der Waals surface area contributed by atoms with Crippen LogP contribution in [0.15, 0.2) is 41.6 Å². The summed E-state index contributed by atoms with van der Waals surface area (Å²) in [5.41, 5.74) is 1.62. The summed E-state index contributed by atoms with van der Waals surface area (Å²) in [6.45, 7) is 3.39. The van der Waals surface area contributed by atoms with Crippen LogP contribution < -0.4 is 0 Å². The first-order valence-corrected chi connectivity index (χ1v) is 9.84. The second-order valence-electron chi connectivity index (χ2n) is 6.33. The number of likely N-dealkylation sites (tertiary alicyclic amines) is 1. The van der Waals surface area contributed by atoms with Gasteiger partial charge >= 0.3 is 0 Å². The number of carbonyl (C=O) groups excluding carboxylic acids is 1. The van der Waals surface area contributed by atoms with E-state index in [1.807, 2.05) is 28.9 Å². The maximum absolute atomic E-state index is 12.8. The van der Waals surface area contributed by atoms with Gasteiger partial charge in [-0.3, -0.25) is 9.48 Å². The van der Waals surface area contributed by atoms with E-state index in [0.29, 0.717) is 12.1 Å². The van der Waals surface area contributed by atoms with Gasteiger partial charge in [0, 0.05) is 24.6 Å². The minimum atomic E-state index is -3.25. The van der Waals surface area contributed by atoms with Gasteiger partial charge in [0.05, 0.1) is 23.7 Å². The summed E-state index contributed by atoms with van der Waals surface area (Å²) in [6.07, 6.45) is 6.86. The van der Waals surface area contributed by atoms with E-state index in [0.717, 1.165) is 31.2 Å². The third-order valence-corrected chi connectivity index (χ3v) is 5.46. The van der Waals surface area contributed by atoms with Gasteiger partial charge in [0.1, 0.15) is 0 Å². The molecule has 0 radical (unpaired) electrons. The highest BCUT2D eigenvalue weighted by Gasteiger charge is 2.29. The highest BCUT2D eigenvalue weighted by atomic mass is 32.2. The quantitative estimate of drug-likeness (QED) is 0.847. The number of hydrogen-bond donors (Lipinski definition) is 0. The van der Waals surface area contributed by atoms with Crippen LogP contribution in [-0.2, 0) is 16.4 Å². The van der Waals surface area contributed by atoms with Crippen LogP contribution in [0.25, 0.3) is 0 Å². The topological polar surface area (TPSA) is 72.3 Å². The van der Waals surface area contributed by atoms with E-state index in [2.05, 4.69) is 5.10 Å². The van der Waals surface area contributed by atoms with Gasteiger partial charge in [0.25, 0.3) is 5.91 Å². The molecule has 1 aromatic carbocycles. The summed E-state index contributed by atoms with van der Waals surface area (Å²) >= 11 is 0. The Morgan fingerprint density at radius 2 is 2.00 bits per heavy atom. The number of rotatable bonds is 4. The normalized spacial score (nSPS) is 18.1. The zero-order chi connectivity index (χ0) is 17.3. The van der Waals surface area contributed by atoms with Crippen molar-refractivity contribution in [1.29, 1.82) is 0 Å². The lowest BCUT2D eigenvalue weighted by Crippen LogP contribution is -2.38. The molecule has 1 unspecified atom stereocenters. The van der Waals surface area contributed by atoms with Crippen LogP contribution in [0.5, 0.6) is 0 Å². The molecule has 2 heterocycles. The largest absolute Gasteiger partial charge is 0.334 e. The van der Waals surface area contributed by atoms with Crippen molar-refractivity contribution in [3.63, 3.8) is 0 Å². The van der Waals surface area contributed by atoms with Crippen molar-refractivity contribution in [2.24, 2.45) is 0 Å². The number of amides is 1. The molecule has 7 heteroatoms. The predicted octanol–water partition coefficient (Wildman–Crippen LogP) is 1.90. The third-order valence-electron chi connectivity index (χ3n) is 4.33. The molecule has 0 aliphatic carbocycles. The lowest BCUT2D eigenvalue weighted by molar-refractivity contribution is 0.0721. The zero-order valence-electron chi connectivity index (χ0n) is 13.8. The van der Waals surface area contributed by atoms with Gasteiger partial charge in [0.15, 0.2) is 9.84 Å². The Bertz CT molecular complexity index is 840. The first-order chi connectivity index (χ1) is 11.3. The molecular weight excluding hydrogens is 326 g/mol. The molecule has 2 aromatic rings. The third kappa shape index (κ3) is 3.51.